The van der Waals surface area contributed by atoms with Gasteiger partial charge in [-0.3, -0.25) is 4.90 Å². The van der Waals surface area contributed by atoms with Crippen LogP contribution >= 0.6 is 11.3 Å². The van der Waals surface area contributed by atoms with Gasteiger partial charge in [0.1, 0.15) is 12.4 Å². The second-order valence-electron chi connectivity index (χ2n) is 7.92. The number of hydrogen-bond acceptors (Lipinski definition) is 6. The van der Waals surface area contributed by atoms with Crippen LogP contribution in [0.25, 0.3) is 20.7 Å². The van der Waals surface area contributed by atoms with Crippen molar-refractivity contribution in [1.82, 2.24) is 14.9 Å². The third kappa shape index (κ3) is 4.70. The Morgan fingerprint density at radius 3 is 2.68 bits per heavy atom. The first-order chi connectivity index (χ1) is 15.2. The largest absolute Gasteiger partial charge is 0.492 e. The number of fused-ring (bicyclic) bond motifs is 1. The Kier molecular flexibility index (Phi) is 5.82. The lowest BCUT2D eigenvalue weighted by atomic mass is 10.2. The van der Waals surface area contributed by atoms with Crippen LogP contribution in [-0.2, 0) is 0 Å². The fraction of sp³-hybridized carbons (Fsp3) is 0.280. The Bertz CT molecular complexity index is 1130. The summed E-state index contributed by atoms with van der Waals surface area (Å²) in [5.74, 6) is 1.49. The van der Waals surface area contributed by atoms with Gasteiger partial charge in [-0.25, -0.2) is 9.97 Å². The number of benzene rings is 2. The summed E-state index contributed by atoms with van der Waals surface area (Å²) in [5.41, 5.74) is 2.98. The number of hydrogen-bond donors (Lipinski definition) is 1. The summed E-state index contributed by atoms with van der Waals surface area (Å²) in [6.45, 7) is 6.18. The van der Waals surface area contributed by atoms with Gasteiger partial charge in [0.05, 0.1) is 10.6 Å². The summed E-state index contributed by atoms with van der Waals surface area (Å²) in [5, 5.41) is 4.57. The molecule has 0 spiro atoms. The standard InChI is InChI=1S/C25H26N4OS/c1-18-17-26-25(28-24(18)23-16-19-6-2-3-7-22(19)31-23)27-20-8-10-21(11-9-20)30-15-14-29-12-4-5-13-29/h2-3,6-11,16-17H,4-5,12-15H2,1H3,(H,26,27,28). The highest BCUT2D eigenvalue weighted by Crippen LogP contribution is 2.34. The topological polar surface area (TPSA) is 50.3 Å². The summed E-state index contributed by atoms with van der Waals surface area (Å²) in [6.07, 6.45) is 4.50. The number of ether oxygens (including phenoxy) is 1. The fourth-order valence-corrected chi connectivity index (χ4v) is 5.03. The highest BCUT2D eigenvalue weighted by atomic mass is 32.1. The predicted octanol–water partition coefficient (Wildman–Crippen LogP) is 5.88. The normalized spacial score (nSPS) is 14.2. The minimum absolute atomic E-state index is 0.598. The molecule has 0 radical (unpaired) electrons. The molecule has 0 amide bonds. The van der Waals surface area contributed by atoms with E-state index in [0.29, 0.717) is 5.95 Å². The maximum atomic E-state index is 5.90. The van der Waals surface area contributed by atoms with Crippen LogP contribution in [0.4, 0.5) is 11.6 Å². The van der Waals surface area contributed by atoms with Crippen molar-refractivity contribution in [3.63, 3.8) is 0 Å². The monoisotopic (exact) mass is 430 g/mol. The van der Waals surface area contributed by atoms with Gasteiger partial charge in [0.25, 0.3) is 0 Å². The van der Waals surface area contributed by atoms with Crippen LogP contribution in [0.15, 0.2) is 60.8 Å². The van der Waals surface area contributed by atoms with E-state index in [1.54, 1.807) is 11.3 Å². The summed E-state index contributed by atoms with van der Waals surface area (Å²) < 4.78 is 7.16. The zero-order valence-corrected chi connectivity index (χ0v) is 18.5. The van der Waals surface area contributed by atoms with Crippen LogP contribution in [0.1, 0.15) is 18.4 Å². The lowest BCUT2D eigenvalue weighted by Crippen LogP contribution is -2.25. The molecule has 158 valence electrons. The average Bonchev–Trinajstić information content (AvgIpc) is 3.46. The van der Waals surface area contributed by atoms with Crippen LogP contribution in [0.5, 0.6) is 5.75 Å². The van der Waals surface area contributed by atoms with Gasteiger partial charge in [-0.15, -0.1) is 11.3 Å². The van der Waals surface area contributed by atoms with Gasteiger partial charge in [0.2, 0.25) is 5.95 Å². The number of rotatable bonds is 7. The van der Waals surface area contributed by atoms with Gasteiger partial charge in [0, 0.05) is 23.1 Å². The first-order valence-electron chi connectivity index (χ1n) is 10.8. The smallest absolute Gasteiger partial charge is 0.227 e. The van der Waals surface area contributed by atoms with E-state index in [-0.39, 0.29) is 0 Å². The minimum atomic E-state index is 0.598. The number of nitrogens with zero attached hydrogens (tertiary/aromatic N) is 3. The van der Waals surface area contributed by atoms with E-state index >= 15 is 0 Å². The molecule has 1 aliphatic heterocycles. The van der Waals surface area contributed by atoms with E-state index in [4.69, 9.17) is 9.72 Å². The molecule has 1 saturated heterocycles. The SMILES string of the molecule is Cc1cnc(Nc2ccc(OCCN3CCCC3)cc2)nc1-c1cc2ccccc2s1. The molecule has 0 aliphatic carbocycles. The van der Waals surface area contributed by atoms with Crippen molar-refractivity contribution in [2.75, 3.05) is 31.6 Å². The third-order valence-electron chi connectivity index (χ3n) is 5.62. The molecule has 2 aromatic carbocycles. The number of aromatic nitrogens is 2. The predicted molar refractivity (Wildman–Crippen MR) is 128 cm³/mol. The summed E-state index contributed by atoms with van der Waals surface area (Å²) >= 11 is 1.76. The minimum Gasteiger partial charge on any atom is -0.492 e. The number of anilines is 2. The van der Waals surface area contributed by atoms with Crippen LogP contribution in [0.3, 0.4) is 0 Å². The van der Waals surface area contributed by atoms with Crippen molar-refractivity contribution in [3.8, 4) is 16.3 Å². The molecule has 5 nitrogen and oxygen atoms in total. The van der Waals surface area contributed by atoms with Gasteiger partial charge in [-0.2, -0.15) is 0 Å². The van der Waals surface area contributed by atoms with Crippen molar-refractivity contribution in [1.29, 1.82) is 0 Å². The maximum Gasteiger partial charge on any atom is 0.227 e. The van der Waals surface area contributed by atoms with E-state index in [1.807, 2.05) is 30.5 Å². The molecule has 1 aliphatic rings. The van der Waals surface area contributed by atoms with E-state index in [9.17, 15) is 0 Å². The van der Waals surface area contributed by atoms with Crippen LogP contribution in [0.2, 0.25) is 0 Å². The first kappa shape index (κ1) is 20.0. The Labute approximate surface area is 186 Å². The second-order valence-corrected chi connectivity index (χ2v) is 9.00. The van der Waals surface area contributed by atoms with Crippen molar-refractivity contribution >= 4 is 33.1 Å². The van der Waals surface area contributed by atoms with E-state index < -0.39 is 0 Å². The Balaban J connectivity index is 1.26. The molecule has 0 atom stereocenters. The molecule has 0 saturated carbocycles. The molecule has 1 N–H and O–H groups in total. The fourth-order valence-electron chi connectivity index (χ4n) is 3.91. The Morgan fingerprint density at radius 2 is 1.87 bits per heavy atom. The maximum absolute atomic E-state index is 5.90. The summed E-state index contributed by atoms with van der Waals surface area (Å²) in [7, 11) is 0. The van der Waals surface area contributed by atoms with Gasteiger partial charge in [-0.1, -0.05) is 18.2 Å². The molecule has 0 unspecified atom stereocenters. The number of nitrogens with one attached hydrogen (secondary N) is 1. The van der Waals surface area contributed by atoms with E-state index in [1.165, 1.54) is 36.0 Å². The molecule has 4 aromatic rings. The molecule has 2 aromatic heterocycles. The lowest BCUT2D eigenvalue weighted by molar-refractivity contribution is 0.238. The van der Waals surface area contributed by atoms with E-state index in [0.717, 1.165) is 40.7 Å². The second kappa shape index (κ2) is 9.04. The van der Waals surface area contributed by atoms with Crippen molar-refractivity contribution in [2.45, 2.75) is 19.8 Å². The zero-order valence-electron chi connectivity index (χ0n) is 17.7. The molecule has 6 heteroatoms. The van der Waals surface area contributed by atoms with Crippen LogP contribution in [-0.4, -0.2) is 41.1 Å². The van der Waals surface area contributed by atoms with Crippen molar-refractivity contribution in [2.24, 2.45) is 0 Å². The quantitative estimate of drug-likeness (QED) is 0.396. The van der Waals surface area contributed by atoms with Gasteiger partial charge < -0.3 is 10.1 Å². The first-order valence-corrected chi connectivity index (χ1v) is 11.6. The molecular weight excluding hydrogens is 404 g/mol. The van der Waals surface area contributed by atoms with Crippen molar-refractivity contribution < 1.29 is 4.74 Å². The summed E-state index contributed by atoms with van der Waals surface area (Å²) in [4.78, 5) is 12.9. The van der Waals surface area contributed by atoms with Crippen LogP contribution < -0.4 is 10.1 Å². The summed E-state index contributed by atoms with van der Waals surface area (Å²) in [6, 6.07) is 18.6. The van der Waals surface area contributed by atoms with Gasteiger partial charge in [0.15, 0.2) is 0 Å². The molecule has 1 fully saturated rings. The van der Waals surface area contributed by atoms with Crippen molar-refractivity contribution in [3.05, 3.63) is 66.4 Å². The lowest BCUT2D eigenvalue weighted by Gasteiger charge is -2.15. The molecule has 31 heavy (non-hydrogen) atoms. The van der Waals surface area contributed by atoms with Crippen LogP contribution in [0, 0.1) is 6.92 Å². The average molecular weight is 431 g/mol. The number of likely N-dealkylation sites (tertiary alicyclic amines) is 1. The third-order valence-corrected chi connectivity index (χ3v) is 6.74. The number of thiophene rings is 1. The highest BCUT2D eigenvalue weighted by Gasteiger charge is 2.12. The van der Waals surface area contributed by atoms with Gasteiger partial charge >= 0.3 is 0 Å². The van der Waals surface area contributed by atoms with Gasteiger partial charge in [-0.05, 0) is 80.2 Å². The molecular formula is C25H26N4OS. The van der Waals surface area contributed by atoms with E-state index in [2.05, 4.69) is 52.5 Å². The molecule has 3 heterocycles. The zero-order chi connectivity index (χ0) is 21.0. The molecule has 5 rings (SSSR count). The highest BCUT2D eigenvalue weighted by molar-refractivity contribution is 7.22. The Morgan fingerprint density at radius 1 is 1.06 bits per heavy atom. The number of aryl methyl sites for hydroxylation is 1. The Hall–Kier alpha value is -2.96. The molecule has 0 bridgehead atoms.